The SMILES string of the molecule is CC[C@@H](O[Si](c1ccccc1)(c1ccccc1)C(C)(C)C)C1(C)OC(=O)N(CCCCn2nnc3ccccc32)C1C(C)=O. The van der Waals surface area contributed by atoms with Crippen LogP contribution in [0, 0.1) is 0 Å². The van der Waals surface area contributed by atoms with Gasteiger partial charge in [-0.15, -0.1) is 5.10 Å². The molecule has 1 aromatic heterocycles. The van der Waals surface area contributed by atoms with E-state index in [1.165, 1.54) is 0 Å². The van der Waals surface area contributed by atoms with Gasteiger partial charge in [-0.25, -0.2) is 9.48 Å². The Morgan fingerprint density at radius 3 is 2.09 bits per heavy atom. The minimum atomic E-state index is -2.98. The van der Waals surface area contributed by atoms with Crippen LogP contribution in [0.4, 0.5) is 4.79 Å². The number of rotatable bonds is 12. The minimum Gasteiger partial charge on any atom is -0.438 e. The van der Waals surface area contributed by atoms with Crippen LogP contribution in [0.2, 0.25) is 5.04 Å². The molecule has 0 aliphatic carbocycles. The van der Waals surface area contributed by atoms with Crippen LogP contribution in [-0.4, -0.2) is 64.4 Å². The first-order valence-corrected chi connectivity index (χ1v) is 17.5. The standard InChI is InChI=1S/C35H44N4O4Si/c1-7-31(43-44(34(3,4)5,27-18-10-8-11-19-27)28-20-12-9-13-21-28)35(6)32(26(2)40)38(33(41)42-35)24-16-17-25-39-30-23-15-14-22-29(30)36-37-39/h8-15,18-23,31-32H,7,16-17,24-25H2,1-6H3/t31-,32?,35?/m1/s1. The molecule has 1 saturated heterocycles. The van der Waals surface area contributed by atoms with E-state index in [2.05, 4.69) is 79.6 Å². The Kier molecular flexibility index (Phi) is 9.09. The number of benzene rings is 3. The molecule has 0 saturated carbocycles. The molecule has 5 rings (SSSR count). The summed E-state index contributed by atoms with van der Waals surface area (Å²) in [5.74, 6) is -0.106. The summed E-state index contributed by atoms with van der Waals surface area (Å²) < 4.78 is 15.6. The number of amides is 1. The van der Waals surface area contributed by atoms with E-state index < -0.39 is 32.2 Å². The highest BCUT2D eigenvalue weighted by Crippen LogP contribution is 2.43. The lowest BCUT2D eigenvalue weighted by Crippen LogP contribution is -2.70. The Morgan fingerprint density at radius 1 is 0.955 bits per heavy atom. The number of nitrogens with zero attached hydrogens (tertiary/aromatic N) is 4. The van der Waals surface area contributed by atoms with E-state index in [0.29, 0.717) is 25.9 Å². The van der Waals surface area contributed by atoms with Crippen molar-refractivity contribution in [2.45, 2.75) is 90.1 Å². The summed E-state index contributed by atoms with van der Waals surface area (Å²) in [4.78, 5) is 28.5. The normalized spacial score (nSPS) is 19.7. The van der Waals surface area contributed by atoms with Gasteiger partial charge in [-0.05, 0) is 60.7 Å². The predicted octanol–water partition coefficient (Wildman–Crippen LogP) is 5.74. The van der Waals surface area contributed by atoms with Crippen LogP contribution < -0.4 is 10.4 Å². The quantitative estimate of drug-likeness (QED) is 0.150. The summed E-state index contributed by atoms with van der Waals surface area (Å²) in [5, 5.41) is 10.5. The highest BCUT2D eigenvalue weighted by Gasteiger charge is 2.61. The monoisotopic (exact) mass is 612 g/mol. The number of Topliss-reactive ketones (excluding diaryl/α,β-unsaturated/α-hetero) is 1. The van der Waals surface area contributed by atoms with Gasteiger partial charge in [-0.3, -0.25) is 9.69 Å². The van der Waals surface area contributed by atoms with Crippen molar-refractivity contribution < 1.29 is 18.8 Å². The van der Waals surface area contributed by atoms with Crippen molar-refractivity contribution in [1.29, 1.82) is 0 Å². The van der Waals surface area contributed by atoms with Gasteiger partial charge in [0.2, 0.25) is 0 Å². The molecule has 3 aromatic carbocycles. The molecule has 4 aromatic rings. The maximum absolute atomic E-state index is 13.5. The highest BCUT2D eigenvalue weighted by atomic mass is 28.4. The molecule has 3 atom stereocenters. The molecule has 2 unspecified atom stereocenters. The fourth-order valence-corrected chi connectivity index (χ4v) is 11.8. The number of aryl methyl sites for hydroxylation is 1. The van der Waals surface area contributed by atoms with Gasteiger partial charge in [-0.1, -0.05) is 106 Å². The van der Waals surface area contributed by atoms with Gasteiger partial charge in [0, 0.05) is 13.1 Å². The number of hydrogen-bond acceptors (Lipinski definition) is 6. The van der Waals surface area contributed by atoms with Crippen molar-refractivity contribution >= 4 is 41.6 Å². The Balaban J connectivity index is 1.42. The molecule has 8 nitrogen and oxygen atoms in total. The second-order valence-electron chi connectivity index (χ2n) is 12.9. The van der Waals surface area contributed by atoms with Gasteiger partial charge in [0.1, 0.15) is 11.6 Å². The molecular formula is C35H44N4O4Si. The molecule has 0 N–H and O–H groups in total. The fraction of sp³-hybridized carbons (Fsp3) is 0.429. The molecule has 2 heterocycles. The summed E-state index contributed by atoms with van der Waals surface area (Å²) in [7, 11) is -2.98. The molecule has 0 bridgehead atoms. The first-order valence-electron chi connectivity index (χ1n) is 15.6. The Morgan fingerprint density at radius 2 is 1.52 bits per heavy atom. The van der Waals surface area contributed by atoms with E-state index >= 15 is 0 Å². The summed E-state index contributed by atoms with van der Waals surface area (Å²) in [6, 6.07) is 27.9. The number of fused-ring (bicyclic) bond motifs is 1. The molecular weight excluding hydrogens is 568 g/mol. The fourth-order valence-electron chi connectivity index (χ4n) is 6.94. The first-order chi connectivity index (χ1) is 21.0. The van der Waals surface area contributed by atoms with Crippen molar-refractivity contribution in [2.75, 3.05) is 6.54 Å². The Bertz CT molecular complexity index is 1550. The van der Waals surface area contributed by atoms with E-state index in [-0.39, 0.29) is 10.8 Å². The molecule has 9 heteroatoms. The van der Waals surface area contributed by atoms with Crippen molar-refractivity contribution in [1.82, 2.24) is 19.9 Å². The van der Waals surface area contributed by atoms with Crippen LogP contribution in [0.25, 0.3) is 11.0 Å². The minimum absolute atomic E-state index is 0.106. The van der Waals surface area contributed by atoms with Gasteiger partial charge in [0.05, 0.1) is 11.6 Å². The van der Waals surface area contributed by atoms with Gasteiger partial charge in [0.15, 0.2) is 11.4 Å². The largest absolute Gasteiger partial charge is 0.438 e. The van der Waals surface area contributed by atoms with E-state index in [1.54, 1.807) is 11.8 Å². The maximum atomic E-state index is 13.5. The average Bonchev–Trinajstić information content (AvgIpc) is 3.53. The van der Waals surface area contributed by atoms with Gasteiger partial charge in [-0.2, -0.15) is 0 Å². The van der Waals surface area contributed by atoms with E-state index in [9.17, 15) is 9.59 Å². The number of hydrogen-bond donors (Lipinski definition) is 0. The van der Waals surface area contributed by atoms with Crippen LogP contribution in [0.1, 0.15) is 60.8 Å². The smallest absolute Gasteiger partial charge is 0.411 e. The lowest BCUT2D eigenvalue weighted by atomic mass is 9.86. The number of carbonyl (C=O) groups is 2. The highest BCUT2D eigenvalue weighted by molar-refractivity contribution is 6.99. The zero-order chi connectivity index (χ0) is 31.5. The van der Waals surface area contributed by atoms with Gasteiger partial charge in [0.25, 0.3) is 8.32 Å². The number of unbranched alkanes of at least 4 members (excludes halogenated alkanes) is 1. The molecule has 0 spiro atoms. The summed E-state index contributed by atoms with van der Waals surface area (Å²) in [5.41, 5.74) is 0.676. The molecule has 1 fully saturated rings. The number of aromatic nitrogens is 3. The van der Waals surface area contributed by atoms with Crippen LogP contribution in [0.5, 0.6) is 0 Å². The number of para-hydroxylation sites is 1. The zero-order valence-corrected chi connectivity index (χ0v) is 27.7. The van der Waals surface area contributed by atoms with Crippen molar-refractivity contribution in [3.05, 3.63) is 84.9 Å². The Hall–Kier alpha value is -3.82. The van der Waals surface area contributed by atoms with Crippen LogP contribution in [0.3, 0.4) is 0 Å². The zero-order valence-electron chi connectivity index (χ0n) is 26.7. The molecule has 1 aliphatic rings. The third-order valence-electron chi connectivity index (χ3n) is 8.97. The molecule has 1 aliphatic heterocycles. The van der Waals surface area contributed by atoms with Gasteiger partial charge < -0.3 is 9.16 Å². The lowest BCUT2D eigenvalue weighted by molar-refractivity contribution is -0.128. The summed E-state index contributed by atoms with van der Waals surface area (Å²) in [6.45, 7) is 13.2. The summed E-state index contributed by atoms with van der Waals surface area (Å²) >= 11 is 0. The second-order valence-corrected chi connectivity index (χ2v) is 17.2. The molecule has 232 valence electrons. The molecule has 44 heavy (non-hydrogen) atoms. The van der Waals surface area contributed by atoms with Gasteiger partial charge >= 0.3 is 6.09 Å². The number of cyclic esters (lactones) is 1. The number of carbonyl (C=O) groups excluding carboxylic acids is 2. The second kappa shape index (κ2) is 12.7. The third kappa shape index (κ3) is 5.70. The Labute approximate surface area is 261 Å². The topological polar surface area (TPSA) is 86.6 Å². The number of ether oxygens (including phenoxy) is 1. The average molecular weight is 613 g/mol. The third-order valence-corrected chi connectivity index (χ3v) is 14.0. The van der Waals surface area contributed by atoms with Crippen molar-refractivity contribution in [3.8, 4) is 0 Å². The van der Waals surface area contributed by atoms with Crippen LogP contribution in [-0.2, 0) is 20.5 Å². The lowest BCUT2D eigenvalue weighted by Gasteiger charge is -2.48. The van der Waals surface area contributed by atoms with E-state index in [1.807, 2.05) is 54.9 Å². The van der Waals surface area contributed by atoms with E-state index in [0.717, 1.165) is 27.8 Å². The van der Waals surface area contributed by atoms with Crippen LogP contribution >= 0.6 is 0 Å². The molecule has 1 amide bonds. The first kappa shape index (κ1) is 31.6. The maximum Gasteiger partial charge on any atom is 0.411 e. The van der Waals surface area contributed by atoms with E-state index in [4.69, 9.17) is 9.16 Å². The van der Waals surface area contributed by atoms with Crippen molar-refractivity contribution in [3.63, 3.8) is 0 Å². The summed E-state index contributed by atoms with van der Waals surface area (Å²) in [6.07, 6.45) is 1.05. The number of ketones is 1. The van der Waals surface area contributed by atoms with Crippen LogP contribution in [0.15, 0.2) is 84.9 Å². The van der Waals surface area contributed by atoms with Crippen molar-refractivity contribution in [2.24, 2.45) is 0 Å². The molecule has 0 radical (unpaired) electrons. The predicted molar refractivity (Wildman–Crippen MR) is 176 cm³/mol.